The van der Waals surface area contributed by atoms with E-state index in [0.717, 1.165) is 11.1 Å². The van der Waals surface area contributed by atoms with E-state index >= 15 is 0 Å². The van der Waals surface area contributed by atoms with Crippen LogP contribution in [0.4, 0.5) is 0 Å². The molecular formula is C18H15Cl3OPd. The quantitative estimate of drug-likeness (QED) is 0.313. The number of ketones is 1. The van der Waals surface area contributed by atoms with E-state index in [-0.39, 0.29) is 26.2 Å². The fraction of sp³-hybridized carbons (Fsp3) is 0.0556. The number of rotatable bonds is 4. The first-order valence-corrected chi connectivity index (χ1v) is 7.81. The molecule has 0 spiro atoms. The van der Waals surface area contributed by atoms with Gasteiger partial charge in [0.25, 0.3) is 0 Å². The second kappa shape index (κ2) is 13.6. The van der Waals surface area contributed by atoms with Gasteiger partial charge in [0.1, 0.15) is 0 Å². The van der Waals surface area contributed by atoms with Crippen molar-refractivity contribution in [1.82, 2.24) is 0 Å². The predicted octanol–water partition coefficient (Wildman–Crippen LogP) is 5.97. The number of hydrogen-bond donors (Lipinski definition) is 0. The Morgan fingerprint density at radius 1 is 0.739 bits per heavy atom. The first-order chi connectivity index (χ1) is 10.6. The zero-order valence-electron chi connectivity index (χ0n) is 12.0. The summed E-state index contributed by atoms with van der Waals surface area (Å²) in [4.78, 5) is 11.6. The van der Waals surface area contributed by atoms with Gasteiger partial charge in [0.15, 0.2) is 10.1 Å². The maximum absolute atomic E-state index is 11.6. The van der Waals surface area contributed by atoms with E-state index in [1.165, 1.54) is 0 Å². The van der Waals surface area contributed by atoms with Crippen LogP contribution >= 0.6 is 34.8 Å². The summed E-state index contributed by atoms with van der Waals surface area (Å²) in [5.41, 5.74) is 2.05. The van der Waals surface area contributed by atoms with Crippen LogP contribution in [0.5, 0.6) is 0 Å². The molecule has 0 saturated heterocycles. The summed E-state index contributed by atoms with van der Waals surface area (Å²) in [6.45, 7) is 0. The first-order valence-electron chi connectivity index (χ1n) is 6.50. The summed E-state index contributed by atoms with van der Waals surface area (Å²) >= 11 is 14.4. The largest absolute Gasteiger partial charge is 0.290 e. The summed E-state index contributed by atoms with van der Waals surface area (Å²) in [6.07, 6.45) is 6.79. The fourth-order valence-corrected chi connectivity index (χ4v) is 1.54. The van der Waals surface area contributed by atoms with Gasteiger partial charge in [-0.15, -0.1) is 0 Å². The minimum atomic E-state index is -0.750. The van der Waals surface area contributed by atoms with E-state index in [1.807, 2.05) is 72.8 Å². The van der Waals surface area contributed by atoms with Crippen LogP contribution in [-0.4, -0.2) is 10.1 Å². The molecule has 0 heterocycles. The number of benzene rings is 2. The molecule has 0 unspecified atom stereocenters. The average molecular weight is 460 g/mol. The molecule has 0 saturated carbocycles. The van der Waals surface area contributed by atoms with Crippen molar-refractivity contribution in [3.63, 3.8) is 0 Å². The SMILES string of the molecule is ClC(Cl)Cl.O=C(/C=C/c1ccccc1)/C=C/c1ccccc1.[Pd]. The molecule has 0 atom stereocenters. The standard InChI is InChI=1S/C17H14O.CHCl3.Pd/c18-17(13-11-15-7-3-1-4-8-15)14-12-16-9-5-2-6-10-16;2-1(3)4;/h1-14H;1H;/b13-11+,14-12+;;. The second-order valence-electron chi connectivity index (χ2n) is 4.14. The number of carbonyl (C=O) groups excluding carboxylic acids is 1. The van der Waals surface area contributed by atoms with E-state index in [4.69, 9.17) is 34.8 Å². The number of allylic oxidation sites excluding steroid dienone is 2. The molecule has 0 radical (unpaired) electrons. The van der Waals surface area contributed by atoms with Crippen LogP contribution in [0.2, 0.25) is 0 Å². The summed E-state index contributed by atoms with van der Waals surface area (Å²) in [7, 11) is 0. The molecule has 0 aliphatic heterocycles. The molecule has 23 heavy (non-hydrogen) atoms. The van der Waals surface area contributed by atoms with Gasteiger partial charge in [-0.2, -0.15) is 0 Å². The van der Waals surface area contributed by atoms with E-state index in [9.17, 15) is 4.79 Å². The van der Waals surface area contributed by atoms with E-state index in [0.29, 0.717) is 0 Å². The Kier molecular flexibility index (Phi) is 13.0. The summed E-state index contributed by atoms with van der Waals surface area (Å²) < 4.78 is -0.750. The predicted molar refractivity (Wildman–Crippen MR) is 97.3 cm³/mol. The monoisotopic (exact) mass is 458 g/mol. The van der Waals surface area contributed by atoms with Crippen molar-refractivity contribution in [2.24, 2.45) is 0 Å². The van der Waals surface area contributed by atoms with Crippen LogP contribution in [-0.2, 0) is 25.2 Å². The maximum Gasteiger partial charge on any atom is 0.180 e. The topological polar surface area (TPSA) is 17.1 Å². The smallest absolute Gasteiger partial charge is 0.180 e. The second-order valence-corrected chi connectivity index (χ2v) is 6.12. The maximum atomic E-state index is 11.6. The van der Waals surface area contributed by atoms with E-state index in [1.54, 1.807) is 12.2 Å². The minimum absolute atomic E-state index is 0. The molecule has 0 amide bonds. The van der Waals surface area contributed by atoms with Gasteiger partial charge in [-0.25, -0.2) is 0 Å². The summed E-state index contributed by atoms with van der Waals surface area (Å²) in [6, 6.07) is 19.6. The summed E-state index contributed by atoms with van der Waals surface area (Å²) in [5, 5.41) is 0. The minimum Gasteiger partial charge on any atom is -0.290 e. The molecule has 1 nitrogen and oxygen atoms in total. The molecule has 0 aliphatic carbocycles. The van der Waals surface area contributed by atoms with Crippen LogP contribution in [0, 0.1) is 0 Å². The Hall–Kier alpha value is -0.878. The summed E-state index contributed by atoms with van der Waals surface area (Å²) in [5.74, 6) is -0.0114. The van der Waals surface area contributed by atoms with Crippen LogP contribution in [0.25, 0.3) is 12.2 Å². The van der Waals surface area contributed by atoms with Crippen LogP contribution in [0.15, 0.2) is 72.8 Å². The van der Waals surface area contributed by atoms with Crippen molar-refractivity contribution in [2.75, 3.05) is 0 Å². The Morgan fingerprint density at radius 3 is 1.35 bits per heavy atom. The van der Waals surface area contributed by atoms with Gasteiger partial charge in [-0.1, -0.05) is 108 Å². The zero-order valence-corrected chi connectivity index (χ0v) is 15.8. The fourth-order valence-electron chi connectivity index (χ4n) is 1.54. The van der Waals surface area contributed by atoms with Crippen molar-refractivity contribution >= 4 is 52.7 Å². The molecule has 2 rings (SSSR count). The number of hydrogen-bond acceptors (Lipinski definition) is 1. The van der Waals surface area contributed by atoms with Crippen molar-refractivity contribution < 1.29 is 25.2 Å². The Morgan fingerprint density at radius 2 is 1.04 bits per heavy atom. The van der Waals surface area contributed by atoms with Crippen molar-refractivity contribution in [3.8, 4) is 0 Å². The van der Waals surface area contributed by atoms with E-state index in [2.05, 4.69) is 0 Å². The number of carbonyl (C=O) groups is 1. The molecule has 2 aromatic carbocycles. The molecular weight excluding hydrogens is 445 g/mol. The average Bonchev–Trinajstić information content (AvgIpc) is 2.52. The Labute approximate surface area is 165 Å². The molecule has 124 valence electrons. The van der Waals surface area contributed by atoms with Gasteiger partial charge in [-0.3, -0.25) is 4.79 Å². The van der Waals surface area contributed by atoms with Crippen LogP contribution in [0.3, 0.4) is 0 Å². The molecule has 2 aromatic rings. The first kappa shape index (κ1) is 22.1. The molecule has 0 N–H and O–H groups in total. The Balaban J connectivity index is 0.000000871. The molecule has 5 heteroatoms. The molecule has 0 fully saturated rings. The van der Waals surface area contributed by atoms with Crippen molar-refractivity contribution in [1.29, 1.82) is 0 Å². The van der Waals surface area contributed by atoms with Crippen molar-refractivity contribution in [2.45, 2.75) is 4.30 Å². The van der Waals surface area contributed by atoms with Crippen LogP contribution in [0.1, 0.15) is 11.1 Å². The molecule has 0 aliphatic rings. The van der Waals surface area contributed by atoms with Gasteiger partial charge < -0.3 is 0 Å². The van der Waals surface area contributed by atoms with Crippen LogP contribution < -0.4 is 0 Å². The zero-order chi connectivity index (χ0) is 16.2. The third-order valence-electron chi connectivity index (χ3n) is 2.48. The molecule has 0 aromatic heterocycles. The van der Waals surface area contributed by atoms with E-state index < -0.39 is 4.30 Å². The molecule has 0 bridgehead atoms. The van der Waals surface area contributed by atoms with Gasteiger partial charge in [0.05, 0.1) is 0 Å². The van der Waals surface area contributed by atoms with Gasteiger partial charge in [-0.05, 0) is 23.3 Å². The van der Waals surface area contributed by atoms with Gasteiger partial charge in [0, 0.05) is 20.4 Å². The number of halogens is 3. The Bertz CT molecular complexity index is 556. The van der Waals surface area contributed by atoms with Crippen molar-refractivity contribution in [3.05, 3.63) is 83.9 Å². The normalized spacial score (nSPS) is 10.3. The number of alkyl halides is 3. The van der Waals surface area contributed by atoms with Gasteiger partial charge >= 0.3 is 0 Å². The third kappa shape index (κ3) is 12.2. The third-order valence-corrected chi connectivity index (χ3v) is 2.48. The van der Waals surface area contributed by atoms with Gasteiger partial charge in [0.2, 0.25) is 0 Å².